The van der Waals surface area contributed by atoms with Crippen molar-refractivity contribution in [3.05, 3.63) is 35.9 Å². The minimum absolute atomic E-state index is 0. The third-order valence-corrected chi connectivity index (χ3v) is 5.40. The summed E-state index contributed by atoms with van der Waals surface area (Å²) >= 11 is 0. The van der Waals surface area contributed by atoms with Gasteiger partial charge in [-0.1, -0.05) is 44.2 Å². The highest BCUT2D eigenvalue weighted by Gasteiger charge is 2.20. The zero-order valence-electron chi connectivity index (χ0n) is 18.6. The van der Waals surface area contributed by atoms with Crippen LogP contribution in [0.3, 0.4) is 0 Å². The van der Waals surface area contributed by atoms with Crippen LogP contribution in [-0.4, -0.2) is 81.3 Å². The van der Waals surface area contributed by atoms with Crippen LogP contribution < -0.4 is 10.6 Å². The van der Waals surface area contributed by atoms with Crippen LogP contribution in [0, 0.1) is 5.92 Å². The standard InChI is InChI=1S/C22H39N5O.HI/c1-5-26-11-13-27(14-12-26)20(3)16-25-22(23-4)24-15-19(2)17-28-18-21-9-7-6-8-10-21;/h6-10,19-20H,5,11-18H2,1-4H3,(H2,23,24,25);1H. The van der Waals surface area contributed by atoms with Crippen LogP contribution in [0.5, 0.6) is 0 Å². The molecule has 2 unspecified atom stereocenters. The fourth-order valence-electron chi connectivity index (χ4n) is 3.40. The third kappa shape index (κ3) is 10.1. The Morgan fingerprint density at radius 1 is 1.07 bits per heavy atom. The van der Waals surface area contributed by atoms with E-state index in [0.717, 1.165) is 45.3 Å². The van der Waals surface area contributed by atoms with Gasteiger partial charge < -0.3 is 20.3 Å². The normalized spacial score (nSPS) is 18.0. The first-order valence-electron chi connectivity index (χ1n) is 10.6. The molecule has 29 heavy (non-hydrogen) atoms. The van der Waals surface area contributed by atoms with Crippen LogP contribution in [0.15, 0.2) is 35.3 Å². The van der Waals surface area contributed by atoms with Crippen molar-refractivity contribution in [2.75, 3.05) is 59.5 Å². The molecule has 1 saturated heterocycles. The number of halogens is 1. The van der Waals surface area contributed by atoms with Gasteiger partial charge >= 0.3 is 0 Å². The Morgan fingerprint density at radius 3 is 2.34 bits per heavy atom. The van der Waals surface area contributed by atoms with Gasteiger partial charge in [0.05, 0.1) is 13.2 Å². The largest absolute Gasteiger partial charge is 0.376 e. The van der Waals surface area contributed by atoms with Crippen molar-refractivity contribution in [2.45, 2.75) is 33.4 Å². The summed E-state index contributed by atoms with van der Waals surface area (Å²) in [6.07, 6.45) is 0. The summed E-state index contributed by atoms with van der Waals surface area (Å²) in [6, 6.07) is 10.8. The van der Waals surface area contributed by atoms with Crippen molar-refractivity contribution in [1.82, 2.24) is 20.4 Å². The van der Waals surface area contributed by atoms with Crippen molar-refractivity contribution in [3.63, 3.8) is 0 Å². The van der Waals surface area contributed by atoms with E-state index in [1.54, 1.807) is 0 Å². The van der Waals surface area contributed by atoms with Gasteiger partial charge in [0.15, 0.2) is 5.96 Å². The molecule has 1 aliphatic rings. The average molecular weight is 518 g/mol. The molecule has 1 fully saturated rings. The van der Waals surface area contributed by atoms with Gasteiger partial charge in [-0.3, -0.25) is 9.89 Å². The van der Waals surface area contributed by atoms with E-state index in [9.17, 15) is 0 Å². The predicted octanol–water partition coefficient (Wildman–Crippen LogP) is 2.65. The molecule has 0 amide bonds. The molecule has 1 heterocycles. The van der Waals surface area contributed by atoms with Crippen LogP contribution in [0.2, 0.25) is 0 Å². The smallest absolute Gasteiger partial charge is 0.191 e. The molecule has 166 valence electrons. The molecule has 1 aromatic carbocycles. The number of piperazine rings is 1. The molecule has 1 aliphatic heterocycles. The van der Waals surface area contributed by atoms with E-state index < -0.39 is 0 Å². The number of rotatable bonds is 10. The monoisotopic (exact) mass is 517 g/mol. The molecule has 2 rings (SSSR count). The Kier molecular flexibility index (Phi) is 13.5. The number of ether oxygens (including phenoxy) is 1. The minimum atomic E-state index is 0. The van der Waals surface area contributed by atoms with Crippen molar-refractivity contribution in [1.29, 1.82) is 0 Å². The topological polar surface area (TPSA) is 52.1 Å². The van der Waals surface area contributed by atoms with E-state index in [4.69, 9.17) is 4.74 Å². The molecular formula is C22H40IN5O. The summed E-state index contributed by atoms with van der Waals surface area (Å²) in [5.74, 6) is 1.29. The molecule has 2 atom stereocenters. The van der Waals surface area contributed by atoms with Crippen LogP contribution in [-0.2, 0) is 11.3 Å². The zero-order valence-corrected chi connectivity index (χ0v) is 20.9. The van der Waals surface area contributed by atoms with Gasteiger partial charge in [-0.05, 0) is 24.9 Å². The second-order valence-electron chi connectivity index (χ2n) is 7.76. The maximum absolute atomic E-state index is 5.83. The Bertz CT molecular complexity index is 564. The first-order valence-corrected chi connectivity index (χ1v) is 10.6. The molecular weight excluding hydrogens is 477 g/mol. The van der Waals surface area contributed by atoms with E-state index in [0.29, 0.717) is 18.6 Å². The zero-order chi connectivity index (χ0) is 20.2. The molecule has 0 saturated carbocycles. The quantitative estimate of drug-likeness (QED) is 0.284. The number of guanidine groups is 1. The second kappa shape index (κ2) is 15.0. The fourth-order valence-corrected chi connectivity index (χ4v) is 3.40. The Hall–Kier alpha value is -0.900. The number of nitrogens with zero attached hydrogens (tertiary/aromatic N) is 3. The summed E-state index contributed by atoms with van der Waals surface area (Å²) in [5.41, 5.74) is 1.22. The van der Waals surface area contributed by atoms with Crippen molar-refractivity contribution in [2.24, 2.45) is 10.9 Å². The average Bonchev–Trinajstić information content (AvgIpc) is 2.74. The number of aliphatic imine (C=N–C) groups is 1. The minimum Gasteiger partial charge on any atom is -0.376 e. The second-order valence-corrected chi connectivity index (χ2v) is 7.76. The van der Waals surface area contributed by atoms with Crippen LogP contribution >= 0.6 is 24.0 Å². The van der Waals surface area contributed by atoms with Gasteiger partial charge in [0.1, 0.15) is 0 Å². The Morgan fingerprint density at radius 2 is 1.72 bits per heavy atom. The van der Waals surface area contributed by atoms with Crippen molar-refractivity contribution >= 4 is 29.9 Å². The maximum Gasteiger partial charge on any atom is 0.191 e. The fraction of sp³-hybridized carbons (Fsp3) is 0.682. The third-order valence-electron chi connectivity index (χ3n) is 5.40. The molecule has 0 bridgehead atoms. The van der Waals surface area contributed by atoms with Crippen molar-refractivity contribution in [3.8, 4) is 0 Å². The summed E-state index contributed by atoms with van der Waals surface area (Å²) in [5, 5.41) is 6.90. The summed E-state index contributed by atoms with van der Waals surface area (Å²) < 4.78 is 5.83. The lowest BCUT2D eigenvalue weighted by atomic mass is 10.2. The van der Waals surface area contributed by atoms with E-state index >= 15 is 0 Å². The summed E-state index contributed by atoms with van der Waals surface area (Å²) in [4.78, 5) is 9.43. The van der Waals surface area contributed by atoms with Gasteiger partial charge in [-0.25, -0.2) is 0 Å². The highest BCUT2D eigenvalue weighted by Crippen LogP contribution is 2.06. The first kappa shape index (κ1) is 26.1. The van der Waals surface area contributed by atoms with E-state index in [-0.39, 0.29) is 24.0 Å². The molecule has 0 aromatic heterocycles. The van der Waals surface area contributed by atoms with Gasteiger partial charge in [0, 0.05) is 52.4 Å². The van der Waals surface area contributed by atoms with Crippen LogP contribution in [0.25, 0.3) is 0 Å². The lowest BCUT2D eigenvalue weighted by Crippen LogP contribution is -2.53. The van der Waals surface area contributed by atoms with Gasteiger partial charge in [0.25, 0.3) is 0 Å². The lowest BCUT2D eigenvalue weighted by Gasteiger charge is -2.37. The van der Waals surface area contributed by atoms with Crippen molar-refractivity contribution < 1.29 is 4.74 Å². The lowest BCUT2D eigenvalue weighted by molar-refractivity contribution is 0.0930. The Labute approximate surface area is 194 Å². The highest BCUT2D eigenvalue weighted by atomic mass is 127. The number of nitrogens with one attached hydrogen (secondary N) is 2. The molecule has 2 N–H and O–H groups in total. The highest BCUT2D eigenvalue weighted by molar-refractivity contribution is 14.0. The summed E-state index contributed by atoms with van der Waals surface area (Å²) in [7, 11) is 1.83. The number of hydrogen-bond acceptors (Lipinski definition) is 4. The SMILES string of the molecule is CCN1CCN(C(C)CNC(=NC)NCC(C)COCc2ccccc2)CC1.I. The van der Waals surface area contributed by atoms with E-state index in [1.807, 2.05) is 25.2 Å². The molecule has 6 nitrogen and oxygen atoms in total. The maximum atomic E-state index is 5.83. The van der Waals surface area contributed by atoms with Gasteiger partial charge in [0.2, 0.25) is 0 Å². The number of likely N-dealkylation sites (N-methyl/N-ethyl adjacent to an activating group) is 1. The number of hydrogen-bond donors (Lipinski definition) is 2. The molecule has 1 aromatic rings. The van der Waals surface area contributed by atoms with Gasteiger partial charge in [-0.15, -0.1) is 24.0 Å². The Balaban J connectivity index is 0.00000420. The molecule has 0 spiro atoms. The van der Waals surface area contributed by atoms with E-state index in [2.05, 4.69) is 58.3 Å². The first-order chi connectivity index (χ1) is 13.6. The predicted molar refractivity (Wildman–Crippen MR) is 133 cm³/mol. The molecule has 0 aliphatic carbocycles. The van der Waals surface area contributed by atoms with Crippen LogP contribution in [0.4, 0.5) is 0 Å². The van der Waals surface area contributed by atoms with Gasteiger partial charge in [-0.2, -0.15) is 0 Å². The van der Waals surface area contributed by atoms with E-state index in [1.165, 1.54) is 18.7 Å². The molecule has 7 heteroatoms. The van der Waals surface area contributed by atoms with Crippen LogP contribution in [0.1, 0.15) is 26.3 Å². The summed E-state index contributed by atoms with van der Waals surface area (Å²) in [6.45, 7) is 15.7. The molecule has 0 radical (unpaired) electrons. The number of benzene rings is 1.